The molecule has 4 heteroatoms. The largest absolute Gasteiger partial charge is 0.394 e. The Hall–Kier alpha value is -0.770. The maximum atomic E-state index is 8.98. The van der Waals surface area contributed by atoms with E-state index in [2.05, 4.69) is 0 Å². The zero-order valence-electron chi connectivity index (χ0n) is 8.02. The first kappa shape index (κ1) is 11.3. The summed E-state index contributed by atoms with van der Waals surface area (Å²) in [5.74, 6) is 0. The lowest BCUT2D eigenvalue weighted by atomic mass is 10.2. The molecule has 2 N–H and O–H groups in total. The SMILES string of the molecule is CN(c1ccc(Cl)cc1)C(CO)CO. The van der Waals surface area contributed by atoms with Crippen molar-refractivity contribution in [1.29, 1.82) is 0 Å². The average Bonchev–Trinajstić information content (AvgIpc) is 2.20. The number of hydrogen-bond acceptors (Lipinski definition) is 3. The van der Waals surface area contributed by atoms with Crippen molar-refractivity contribution in [2.45, 2.75) is 6.04 Å². The highest BCUT2D eigenvalue weighted by atomic mass is 35.5. The molecule has 1 aromatic carbocycles. The summed E-state index contributed by atoms with van der Waals surface area (Å²) in [5, 5.41) is 18.6. The molecule has 0 atom stereocenters. The van der Waals surface area contributed by atoms with E-state index in [1.807, 2.05) is 24.1 Å². The minimum absolute atomic E-state index is 0.0738. The van der Waals surface area contributed by atoms with Gasteiger partial charge in [-0.3, -0.25) is 0 Å². The molecule has 0 saturated carbocycles. The smallest absolute Gasteiger partial charge is 0.0748 e. The van der Waals surface area contributed by atoms with Crippen LogP contribution in [0.1, 0.15) is 0 Å². The van der Waals surface area contributed by atoms with E-state index in [-0.39, 0.29) is 19.3 Å². The Balaban J connectivity index is 2.77. The number of halogens is 1. The Labute approximate surface area is 88.5 Å². The van der Waals surface area contributed by atoms with E-state index in [1.54, 1.807) is 12.1 Å². The van der Waals surface area contributed by atoms with Crippen LogP contribution in [-0.4, -0.2) is 36.5 Å². The van der Waals surface area contributed by atoms with Gasteiger partial charge in [0.1, 0.15) is 0 Å². The molecular formula is C10H14ClNO2. The standard InChI is InChI=1S/C10H14ClNO2/c1-12(10(6-13)7-14)9-4-2-8(11)3-5-9/h2-5,10,13-14H,6-7H2,1H3. The van der Waals surface area contributed by atoms with Crippen LogP contribution in [0.2, 0.25) is 5.02 Å². The first-order valence-electron chi connectivity index (χ1n) is 4.39. The minimum atomic E-state index is -0.267. The molecule has 0 radical (unpaired) electrons. The molecule has 0 unspecified atom stereocenters. The Morgan fingerprint density at radius 2 is 1.71 bits per heavy atom. The van der Waals surface area contributed by atoms with E-state index < -0.39 is 0 Å². The van der Waals surface area contributed by atoms with Gasteiger partial charge in [-0.25, -0.2) is 0 Å². The average molecular weight is 216 g/mol. The van der Waals surface area contributed by atoms with Crippen LogP contribution >= 0.6 is 11.6 Å². The van der Waals surface area contributed by atoms with Gasteiger partial charge in [0.2, 0.25) is 0 Å². The van der Waals surface area contributed by atoms with Crippen molar-refractivity contribution in [2.24, 2.45) is 0 Å². The summed E-state index contributed by atoms with van der Waals surface area (Å²) in [6.07, 6.45) is 0. The molecule has 0 aliphatic rings. The highest BCUT2D eigenvalue weighted by molar-refractivity contribution is 6.30. The molecule has 0 aromatic heterocycles. The number of aliphatic hydroxyl groups excluding tert-OH is 2. The van der Waals surface area contributed by atoms with Gasteiger partial charge in [0.25, 0.3) is 0 Å². The third kappa shape index (κ3) is 2.61. The van der Waals surface area contributed by atoms with Gasteiger partial charge in [0.15, 0.2) is 0 Å². The Bertz CT molecular complexity index is 272. The maximum absolute atomic E-state index is 8.98. The summed E-state index contributed by atoms with van der Waals surface area (Å²) in [7, 11) is 1.82. The number of rotatable bonds is 4. The molecule has 0 saturated heterocycles. The maximum Gasteiger partial charge on any atom is 0.0748 e. The summed E-state index contributed by atoms with van der Waals surface area (Å²) in [6.45, 7) is -0.148. The van der Waals surface area contributed by atoms with Gasteiger partial charge in [0, 0.05) is 17.8 Å². The minimum Gasteiger partial charge on any atom is -0.394 e. The molecule has 1 aromatic rings. The van der Waals surface area contributed by atoms with Gasteiger partial charge in [-0.2, -0.15) is 0 Å². The quantitative estimate of drug-likeness (QED) is 0.792. The second kappa shape index (κ2) is 5.20. The summed E-state index contributed by atoms with van der Waals surface area (Å²) >= 11 is 5.75. The van der Waals surface area contributed by atoms with Crippen LogP contribution in [0, 0.1) is 0 Å². The lowest BCUT2D eigenvalue weighted by Gasteiger charge is -2.26. The predicted molar refractivity (Wildman–Crippen MR) is 57.8 cm³/mol. The van der Waals surface area contributed by atoms with Gasteiger partial charge < -0.3 is 15.1 Å². The van der Waals surface area contributed by atoms with Crippen molar-refractivity contribution in [2.75, 3.05) is 25.2 Å². The number of benzene rings is 1. The Morgan fingerprint density at radius 1 is 1.21 bits per heavy atom. The number of hydrogen-bond donors (Lipinski definition) is 2. The van der Waals surface area contributed by atoms with E-state index >= 15 is 0 Å². The van der Waals surface area contributed by atoms with Gasteiger partial charge in [-0.05, 0) is 24.3 Å². The van der Waals surface area contributed by atoms with Crippen LogP contribution in [0.4, 0.5) is 5.69 Å². The van der Waals surface area contributed by atoms with Gasteiger partial charge in [0.05, 0.1) is 19.3 Å². The number of anilines is 1. The van der Waals surface area contributed by atoms with Crippen LogP contribution < -0.4 is 4.90 Å². The molecule has 78 valence electrons. The third-order valence-corrected chi connectivity index (χ3v) is 2.46. The van der Waals surface area contributed by atoms with E-state index in [4.69, 9.17) is 21.8 Å². The first-order chi connectivity index (χ1) is 6.69. The van der Waals surface area contributed by atoms with Crippen molar-refractivity contribution in [3.05, 3.63) is 29.3 Å². The van der Waals surface area contributed by atoms with Gasteiger partial charge >= 0.3 is 0 Å². The zero-order valence-corrected chi connectivity index (χ0v) is 8.78. The number of nitrogens with zero attached hydrogens (tertiary/aromatic N) is 1. The second-order valence-electron chi connectivity index (χ2n) is 3.11. The molecule has 0 spiro atoms. The molecular weight excluding hydrogens is 202 g/mol. The van der Waals surface area contributed by atoms with Crippen molar-refractivity contribution in [3.8, 4) is 0 Å². The fraction of sp³-hybridized carbons (Fsp3) is 0.400. The van der Waals surface area contributed by atoms with Crippen molar-refractivity contribution < 1.29 is 10.2 Å². The van der Waals surface area contributed by atoms with Crippen molar-refractivity contribution >= 4 is 17.3 Å². The molecule has 0 amide bonds. The molecule has 0 bridgehead atoms. The number of aliphatic hydroxyl groups is 2. The van der Waals surface area contributed by atoms with Crippen LogP contribution in [0.5, 0.6) is 0 Å². The molecule has 3 nitrogen and oxygen atoms in total. The molecule has 14 heavy (non-hydrogen) atoms. The topological polar surface area (TPSA) is 43.7 Å². The van der Waals surface area contributed by atoms with Crippen LogP contribution in [-0.2, 0) is 0 Å². The predicted octanol–water partition coefficient (Wildman–Crippen LogP) is 1.13. The molecule has 0 heterocycles. The zero-order chi connectivity index (χ0) is 10.6. The van der Waals surface area contributed by atoms with Gasteiger partial charge in [-0.1, -0.05) is 11.6 Å². The fourth-order valence-electron chi connectivity index (χ4n) is 1.19. The number of likely N-dealkylation sites (N-methyl/N-ethyl adjacent to an activating group) is 1. The Kier molecular flexibility index (Phi) is 4.20. The van der Waals surface area contributed by atoms with Crippen molar-refractivity contribution in [3.63, 3.8) is 0 Å². The lowest BCUT2D eigenvalue weighted by molar-refractivity contribution is 0.191. The summed E-state index contributed by atoms with van der Waals surface area (Å²) in [4.78, 5) is 1.82. The van der Waals surface area contributed by atoms with E-state index in [9.17, 15) is 0 Å². The van der Waals surface area contributed by atoms with E-state index in [0.717, 1.165) is 5.69 Å². The monoisotopic (exact) mass is 215 g/mol. The third-order valence-electron chi connectivity index (χ3n) is 2.20. The molecule has 0 aliphatic carbocycles. The molecule has 1 rings (SSSR count). The molecule has 0 fully saturated rings. The van der Waals surface area contributed by atoms with E-state index in [1.165, 1.54) is 0 Å². The normalized spacial score (nSPS) is 10.6. The fourth-order valence-corrected chi connectivity index (χ4v) is 1.32. The summed E-state index contributed by atoms with van der Waals surface area (Å²) in [6, 6.07) is 6.98. The highest BCUT2D eigenvalue weighted by Gasteiger charge is 2.12. The Morgan fingerprint density at radius 3 is 2.14 bits per heavy atom. The van der Waals surface area contributed by atoms with Crippen LogP contribution in [0.15, 0.2) is 24.3 Å². The summed E-state index contributed by atoms with van der Waals surface area (Å²) in [5.41, 5.74) is 0.919. The van der Waals surface area contributed by atoms with Crippen LogP contribution in [0.25, 0.3) is 0 Å². The van der Waals surface area contributed by atoms with Crippen LogP contribution in [0.3, 0.4) is 0 Å². The van der Waals surface area contributed by atoms with E-state index in [0.29, 0.717) is 5.02 Å². The first-order valence-corrected chi connectivity index (χ1v) is 4.77. The lowest BCUT2D eigenvalue weighted by Crippen LogP contribution is -2.37. The second-order valence-corrected chi connectivity index (χ2v) is 3.54. The van der Waals surface area contributed by atoms with Gasteiger partial charge in [-0.15, -0.1) is 0 Å². The summed E-state index contributed by atoms with van der Waals surface area (Å²) < 4.78 is 0. The highest BCUT2D eigenvalue weighted by Crippen LogP contribution is 2.18. The van der Waals surface area contributed by atoms with Crippen molar-refractivity contribution in [1.82, 2.24) is 0 Å². The molecule has 0 aliphatic heterocycles.